The molecule has 0 amide bonds. The Balaban J connectivity index is 3.18. The highest BCUT2D eigenvalue weighted by atomic mass is 79.9. The van der Waals surface area contributed by atoms with Crippen LogP contribution in [-0.2, 0) is 10.0 Å². The Hall–Kier alpha value is -0.920. The van der Waals surface area contributed by atoms with Crippen LogP contribution in [0.1, 0.15) is 50.9 Å². The molecule has 0 fully saturated rings. The van der Waals surface area contributed by atoms with Gasteiger partial charge in [0, 0.05) is 17.6 Å². The van der Waals surface area contributed by atoms with Crippen LogP contribution in [0.4, 0.5) is 0 Å². The Morgan fingerprint density at radius 3 is 2.04 bits per heavy atom. The Morgan fingerprint density at radius 1 is 1.12 bits per heavy atom. The molecule has 0 aliphatic rings. The van der Waals surface area contributed by atoms with Gasteiger partial charge in [0.1, 0.15) is 0 Å². The third-order valence-electron chi connectivity index (χ3n) is 3.72. The monoisotopic (exact) mass is 419 g/mol. The molecule has 7 heteroatoms. The van der Waals surface area contributed by atoms with Gasteiger partial charge in [0.15, 0.2) is 0 Å². The fraction of sp³-hybridized carbons (Fsp3) is 0.588. The van der Waals surface area contributed by atoms with Crippen LogP contribution in [-0.4, -0.2) is 36.9 Å². The van der Waals surface area contributed by atoms with Gasteiger partial charge in [-0.3, -0.25) is 0 Å². The summed E-state index contributed by atoms with van der Waals surface area (Å²) in [5.74, 6) is -0.377. The van der Waals surface area contributed by atoms with E-state index < -0.39 is 16.0 Å². The molecule has 0 aliphatic carbocycles. The number of hydrogen-bond acceptors (Lipinski definition) is 3. The van der Waals surface area contributed by atoms with Crippen LogP contribution in [0.25, 0.3) is 0 Å². The van der Waals surface area contributed by atoms with E-state index in [-0.39, 0.29) is 10.5 Å². The molecule has 0 heterocycles. The van der Waals surface area contributed by atoms with Gasteiger partial charge in [-0.1, -0.05) is 27.7 Å². The topological polar surface area (TPSA) is 74.7 Å². The summed E-state index contributed by atoms with van der Waals surface area (Å²) in [6.45, 7) is 9.08. The lowest BCUT2D eigenvalue weighted by Crippen LogP contribution is -2.34. The van der Waals surface area contributed by atoms with Crippen LogP contribution in [0.3, 0.4) is 0 Å². The molecule has 0 radical (unpaired) electrons. The number of benzene rings is 1. The van der Waals surface area contributed by atoms with Crippen molar-refractivity contribution >= 4 is 31.9 Å². The van der Waals surface area contributed by atoms with Gasteiger partial charge in [0.25, 0.3) is 0 Å². The van der Waals surface area contributed by atoms with Crippen LogP contribution >= 0.6 is 15.9 Å². The van der Waals surface area contributed by atoms with E-state index in [4.69, 9.17) is 0 Å². The summed E-state index contributed by atoms with van der Waals surface area (Å²) >= 11 is 3.15. The molecule has 24 heavy (non-hydrogen) atoms. The summed E-state index contributed by atoms with van der Waals surface area (Å²) in [7, 11) is -3.72. The maximum atomic E-state index is 13.0. The lowest BCUT2D eigenvalue weighted by Gasteiger charge is -2.24. The predicted octanol–water partition coefficient (Wildman–Crippen LogP) is 4.23. The van der Waals surface area contributed by atoms with Crippen molar-refractivity contribution in [3.05, 3.63) is 28.2 Å². The minimum atomic E-state index is -3.72. The number of rotatable bonds is 9. The second-order valence-electron chi connectivity index (χ2n) is 6.72. The number of carbonyl (C=O) groups is 1. The lowest BCUT2D eigenvalue weighted by atomic mass is 10.1. The van der Waals surface area contributed by atoms with Crippen LogP contribution in [0.5, 0.6) is 0 Å². The number of sulfonamides is 1. The molecule has 5 nitrogen and oxygen atoms in total. The molecular formula is C17H26BrNO4S. The minimum absolute atomic E-state index is 0.0237. The highest BCUT2D eigenvalue weighted by molar-refractivity contribution is 9.10. The molecule has 1 aromatic carbocycles. The van der Waals surface area contributed by atoms with Crippen molar-refractivity contribution in [2.75, 3.05) is 13.1 Å². The molecule has 1 aromatic rings. The molecule has 0 aromatic heterocycles. The van der Waals surface area contributed by atoms with Crippen molar-refractivity contribution in [1.29, 1.82) is 0 Å². The van der Waals surface area contributed by atoms with Gasteiger partial charge in [-0.15, -0.1) is 0 Å². The maximum absolute atomic E-state index is 13.0. The zero-order valence-corrected chi connectivity index (χ0v) is 17.0. The van der Waals surface area contributed by atoms with Crippen molar-refractivity contribution < 1.29 is 18.3 Å². The fourth-order valence-electron chi connectivity index (χ4n) is 2.13. The average molecular weight is 420 g/mol. The van der Waals surface area contributed by atoms with Crippen LogP contribution in [0, 0.1) is 11.8 Å². The average Bonchev–Trinajstić information content (AvgIpc) is 2.46. The molecule has 0 unspecified atom stereocenters. The van der Waals surface area contributed by atoms with E-state index >= 15 is 0 Å². The first-order valence-electron chi connectivity index (χ1n) is 8.08. The van der Waals surface area contributed by atoms with E-state index in [9.17, 15) is 18.3 Å². The molecule has 1 N–H and O–H groups in total. The first kappa shape index (κ1) is 21.1. The Morgan fingerprint density at radius 2 is 1.62 bits per heavy atom. The van der Waals surface area contributed by atoms with Crippen LogP contribution < -0.4 is 0 Å². The van der Waals surface area contributed by atoms with Gasteiger partial charge in [-0.25, -0.2) is 13.2 Å². The number of carboxylic acid groups (broad SMARTS) is 1. The molecule has 136 valence electrons. The Kier molecular flexibility index (Phi) is 7.89. The van der Waals surface area contributed by atoms with E-state index in [0.717, 1.165) is 12.8 Å². The first-order chi connectivity index (χ1) is 11.1. The summed E-state index contributed by atoms with van der Waals surface area (Å²) in [5.41, 5.74) is -0.0521. The van der Waals surface area contributed by atoms with Crippen LogP contribution in [0.2, 0.25) is 0 Å². The molecule has 0 saturated heterocycles. The van der Waals surface area contributed by atoms with Gasteiger partial charge in [0.2, 0.25) is 10.0 Å². The van der Waals surface area contributed by atoms with E-state index in [1.807, 2.05) is 0 Å². The number of carboxylic acids is 1. The predicted molar refractivity (Wildman–Crippen MR) is 98.8 cm³/mol. The molecule has 0 saturated carbocycles. The van der Waals surface area contributed by atoms with Gasteiger partial charge >= 0.3 is 5.97 Å². The molecule has 0 atom stereocenters. The normalized spacial score (nSPS) is 12.3. The van der Waals surface area contributed by atoms with Crippen molar-refractivity contribution in [3.8, 4) is 0 Å². The Labute approximate surface area is 153 Å². The number of aromatic carboxylic acids is 1. The quantitative estimate of drug-likeness (QED) is 0.649. The van der Waals surface area contributed by atoms with Gasteiger partial charge in [-0.05, 0) is 58.8 Å². The summed E-state index contributed by atoms with van der Waals surface area (Å²) in [6.07, 6.45) is 1.53. The lowest BCUT2D eigenvalue weighted by molar-refractivity contribution is 0.0695. The summed E-state index contributed by atoms with van der Waals surface area (Å²) in [5, 5.41) is 9.21. The summed E-state index contributed by atoms with van der Waals surface area (Å²) in [6, 6.07) is 4.14. The summed E-state index contributed by atoms with van der Waals surface area (Å²) in [4.78, 5) is 11.3. The standard InChI is InChI=1S/C17H26BrNO4S/c1-12(2)7-9-19(10-8-13(3)4)24(22,23)14-5-6-16(18)15(11-14)17(20)21/h5-6,11-13H,7-10H2,1-4H3,(H,20,21). The van der Waals surface area contributed by atoms with Crippen molar-refractivity contribution in [3.63, 3.8) is 0 Å². The highest BCUT2D eigenvalue weighted by Crippen LogP contribution is 2.24. The third kappa shape index (κ3) is 5.86. The van der Waals surface area contributed by atoms with Crippen molar-refractivity contribution in [2.45, 2.75) is 45.4 Å². The first-order valence-corrected chi connectivity index (χ1v) is 10.3. The molecular weight excluding hydrogens is 394 g/mol. The fourth-order valence-corrected chi connectivity index (χ4v) is 4.05. The molecule has 0 spiro atoms. The Bertz CT molecular complexity index is 659. The smallest absolute Gasteiger partial charge is 0.336 e. The molecule has 1 rings (SSSR count). The number of hydrogen-bond donors (Lipinski definition) is 1. The van der Waals surface area contributed by atoms with Crippen molar-refractivity contribution in [2.24, 2.45) is 11.8 Å². The van der Waals surface area contributed by atoms with Gasteiger partial charge < -0.3 is 5.11 Å². The highest BCUT2D eigenvalue weighted by Gasteiger charge is 2.26. The maximum Gasteiger partial charge on any atom is 0.336 e. The van der Waals surface area contributed by atoms with Crippen molar-refractivity contribution in [1.82, 2.24) is 4.31 Å². The minimum Gasteiger partial charge on any atom is -0.478 e. The van der Waals surface area contributed by atoms with E-state index in [1.54, 1.807) is 0 Å². The van der Waals surface area contributed by atoms with Gasteiger partial charge in [-0.2, -0.15) is 4.31 Å². The second-order valence-corrected chi connectivity index (χ2v) is 9.51. The third-order valence-corrected chi connectivity index (χ3v) is 6.30. The SMILES string of the molecule is CC(C)CCN(CCC(C)C)S(=O)(=O)c1ccc(Br)c(C(=O)O)c1. The van der Waals surface area contributed by atoms with Crippen LogP contribution in [0.15, 0.2) is 27.6 Å². The largest absolute Gasteiger partial charge is 0.478 e. The summed E-state index contributed by atoms with van der Waals surface area (Å²) < 4.78 is 27.8. The van der Waals surface area contributed by atoms with E-state index in [0.29, 0.717) is 29.4 Å². The van der Waals surface area contributed by atoms with E-state index in [1.165, 1.54) is 22.5 Å². The second kappa shape index (κ2) is 8.97. The van der Waals surface area contributed by atoms with Gasteiger partial charge in [0.05, 0.1) is 10.5 Å². The molecule has 0 bridgehead atoms. The number of halogens is 1. The van der Waals surface area contributed by atoms with E-state index in [2.05, 4.69) is 43.6 Å². The zero-order chi connectivity index (χ0) is 18.5. The zero-order valence-electron chi connectivity index (χ0n) is 14.6. The molecule has 0 aliphatic heterocycles. The number of nitrogens with zero attached hydrogens (tertiary/aromatic N) is 1.